The monoisotopic (exact) mass is 428 g/mol. The van der Waals surface area contributed by atoms with Crippen molar-refractivity contribution >= 4 is 15.7 Å². The molecule has 0 aromatic heterocycles. The number of nitro benzene ring substituents is 1. The van der Waals surface area contributed by atoms with Crippen molar-refractivity contribution in [1.82, 2.24) is 4.72 Å². The molecule has 0 spiro atoms. The number of methoxy groups -OCH3 is 1. The fourth-order valence-corrected chi connectivity index (χ4v) is 3.70. The molecule has 0 unspecified atom stereocenters. The Morgan fingerprint density at radius 1 is 0.933 bits per heavy atom. The lowest BCUT2D eigenvalue weighted by Crippen LogP contribution is -2.23. The fraction of sp³-hybridized carbons (Fsp3) is 0.143. The van der Waals surface area contributed by atoms with E-state index < -0.39 is 14.9 Å². The zero-order valence-corrected chi connectivity index (χ0v) is 17.0. The van der Waals surface area contributed by atoms with Crippen molar-refractivity contribution in [1.29, 1.82) is 0 Å². The van der Waals surface area contributed by atoms with Crippen LogP contribution in [0.25, 0.3) is 0 Å². The lowest BCUT2D eigenvalue weighted by molar-refractivity contribution is -0.384. The van der Waals surface area contributed by atoms with E-state index in [1.54, 1.807) is 18.2 Å². The highest BCUT2D eigenvalue weighted by atomic mass is 32.2. The van der Waals surface area contributed by atoms with Gasteiger partial charge in [0.1, 0.15) is 6.61 Å². The molecule has 0 heterocycles. The van der Waals surface area contributed by atoms with Gasteiger partial charge >= 0.3 is 0 Å². The van der Waals surface area contributed by atoms with E-state index in [0.717, 1.165) is 17.7 Å². The number of nitrogens with one attached hydrogen (secondary N) is 1. The van der Waals surface area contributed by atoms with Crippen molar-refractivity contribution in [3.05, 3.63) is 94.0 Å². The van der Waals surface area contributed by atoms with Gasteiger partial charge in [0.15, 0.2) is 11.5 Å². The molecule has 3 aromatic rings. The molecule has 156 valence electrons. The molecule has 0 saturated carbocycles. The molecule has 9 heteroatoms. The lowest BCUT2D eigenvalue weighted by atomic mass is 10.2. The number of ether oxygens (including phenoxy) is 2. The van der Waals surface area contributed by atoms with Crippen LogP contribution < -0.4 is 14.2 Å². The number of hydrogen-bond donors (Lipinski definition) is 1. The maximum atomic E-state index is 12.4. The summed E-state index contributed by atoms with van der Waals surface area (Å²) >= 11 is 0. The summed E-state index contributed by atoms with van der Waals surface area (Å²) in [5, 5.41) is 10.7. The molecule has 0 amide bonds. The number of nitro groups is 1. The number of rotatable bonds is 9. The normalized spacial score (nSPS) is 11.1. The van der Waals surface area contributed by atoms with Crippen LogP contribution >= 0.6 is 0 Å². The summed E-state index contributed by atoms with van der Waals surface area (Å²) in [5.74, 6) is 1.03. The Hall–Kier alpha value is -3.43. The van der Waals surface area contributed by atoms with Gasteiger partial charge in [-0.3, -0.25) is 10.1 Å². The van der Waals surface area contributed by atoms with E-state index in [1.807, 2.05) is 30.3 Å². The van der Waals surface area contributed by atoms with Crippen molar-refractivity contribution in [3.8, 4) is 11.5 Å². The maximum absolute atomic E-state index is 12.4. The van der Waals surface area contributed by atoms with E-state index in [2.05, 4.69) is 4.72 Å². The van der Waals surface area contributed by atoms with E-state index >= 15 is 0 Å². The van der Waals surface area contributed by atoms with Crippen molar-refractivity contribution in [2.75, 3.05) is 7.11 Å². The highest BCUT2D eigenvalue weighted by molar-refractivity contribution is 7.89. The van der Waals surface area contributed by atoms with Gasteiger partial charge in [0.2, 0.25) is 10.0 Å². The van der Waals surface area contributed by atoms with Crippen LogP contribution in [0.3, 0.4) is 0 Å². The van der Waals surface area contributed by atoms with Gasteiger partial charge in [0.25, 0.3) is 5.69 Å². The summed E-state index contributed by atoms with van der Waals surface area (Å²) in [4.78, 5) is 10.1. The quantitative estimate of drug-likeness (QED) is 0.412. The van der Waals surface area contributed by atoms with Gasteiger partial charge in [-0.1, -0.05) is 36.4 Å². The smallest absolute Gasteiger partial charge is 0.269 e. The van der Waals surface area contributed by atoms with Crippen molar-refractivity contribution in [2.24, 2.45) is 0 Å². The van der Waals surface area contributed by atoms with E-state index in [0.29, 0.717) is 23.7 Å². The molecule has 0 bridgehead atoms. The predicted molar refractivity (Wildman–Crippen MR) is 111 cm³/mol. The second-order valence-electron chi connectivity index (χ2n) is 6.34. The SMILES string of the molecule is COc1cc(CNS(=O)(=O)c2ccc([N+](=O)[O-])cc2)ccc1OCc1ccccc1. The van der Waals surface area contributed by atoms with Gasteiger partial charge in [-0.05, 0) is 35.4 Å². The molecule has 8 nitrogen and oxygen atoms in total. The Bertz CT molecular complexity index is 1120. The molecule has 30 heavy (non-hydrogen) atoms. The van der Waals surface area contributed by atoms with Gasteiger partial charge in [-0.15, -0.1) is 0 Å². The van der Waals surface area contributed by atoms with Crippen LogP contribution in [0, 0.1) is 10.1 Å². The Kier molecular flexibility index (Phi) is 6.65. The highest BCUT2D eigenvalue weighted by Crippen LogP contribution is 2.29. The molecule has 1 N–H and O–H groups in total. The van der Waals surface area contributed by atoms with Gasteiger partial charge in [-0.25, -0.2) is 13.1 Å². The van der Waals surface area contributed by atoms with Gasteiger partial charge in [0.05, 0.1) is 16.9 Å². The zero-order valence-electron chi connectivity index (χ0n) is 16.1. The first-order valence-corrected chi connectivity index (χ1v) is 10.4. The number of hydrogen-bond acceptors (Lipinski definition) is 6. The molecule has 0 aliphatic carbocycles. The van der Waals surface area contributed by atoms with Crippen LogP contribution in [0.4, 0.5) is 5.69 Å². The van der Waals surface area contributed by atoms with E-state index in [9.17, 15) is 18.5 Å². The third kappa shape index (κ3) is 5.34. The molecule has 0 atom stereocenters. The summed E-state index contributed by atoms with van der Waals surface area (Å²) in [6.45, 7) is 0.401. The van der Waals surface area contributed by atoms with Crippen LogP contribution in [0.15, 0.2) is 77.7 Å². The summed E-state index contributed by atoms with van der Waals surface area (Å²) in [5.41, 5.74) is 1.51. The number of nitrogens with zero attached hydrogens (tertiary/aromatic N) is 1. The van der Waals surface area contributed by atoms with Crippen molar-refractivity contribution in [3.63, 3.8) is 0 Å². The molecule has 0 saturated heterocycles. The third-order valence-corrected chi connectivity index (χ3v) is 5.71. The fourth-order valence-electron chi connectivity index (χ4n) is 2.69. The molecule has 0 radical (unpaired) electrons. The standard InChI is InChI=1S/C21H20N2O6S/c1-28-21-13-17(7-12-20(21)29-15-16-5-3-2-4-6-16)14-22-30(26,27)19-10-8-18(9-11-19)23(24)25/h2-13,22H,14-15H2,1H3. The second-order valence-corrected chi connectivity index (χ2v) is 8.10. The first kappa shape index (κ1) is 21.3. The first-order valence-electron chi connectivity index (χ1n) is 8.97. The summed E-state index contributed by atoms with van der Waals surface area (Å²) < 4.78 is 38.5. The number of non-ortho nitro benzene ring substituents is 1. The Morgan fingerprint density at radius 2 is 1.63 bits per heavy atom. The Labute approximate surface area is 174 Å². The molecule has 0 aliphatic heterocycles. The minimum atomic E-state index is -3.82. The van der Waals surface area contributed by atoms with Gasteiger partial charge < -0.3 is 9.47 Å². The summed E-state index contributed by atoms with van der Waals surface area (Å²) in [6.07, 6.45) is 0. The topological polar surface area (TPSA) is 108 Å². The largest absolute Gasteiger partial charge is 0.493 e. The van der Waals surface area contributed by atoms with Crippen LogP contribution in [0.1, 0.15) is 11.1 Å². The third-order valence-electron chi connectivity index (χ3n) is 4.29. The molecule has 0 aliphatic rings. The second kappa shape index (κ2) is 9.38. The number of sulfonamides is 1. The average molecular weight is 428 g/mol. The molecular formula is C21H20N2O6S. The molecule has 0 fully saturated rings. The van der Waals surface area contributed by atoms with E-state index in [4.69, 9.17) is 9.47 Å². The van der Waals surface area contributed by atoms with Gasteiger partial charge in [-0.2, -0.15) is 0 Å². The predicted octanol–water partition coefficient (Wildman–Crippen LogP) is 3.66. The summed E-state index contributed by atoms with van der Waals surface area (Å²) in [7, 11) is -2.31. The van der Waals surface area contributed by atoms with Crippen LogP contribution in [-0.2, 0) is 23.2 Å². The maximum Gasteiger partial charge on any atom is 0.269 e. The zero-order chi connectivity index (χ0) is 21.6. The number of benzene rings is 3. The van der Waals surface area contributed by atoms with Crippen LogP contribution in [0.5, 0.6) is 11.5 Å². The molecule has 3 aromatic carbocycles. The van der Waals surface area contributed by atoms with E-state index in [-0.39, 0.29) is 17.1 Å². The summed E-state index contributed by atoms with van der Waals surface area (Å²) in [6, 6.07) is 19.5. The minimum absolute atomic E-state index is 0.0225. The average Bonchev–Trinajstić information content (AvgIpc) is 2.77. The van der Waals surface area contributed by atoms with Gasteiger partial charge in [0, 0.05) is 18.7 Å². The van der Waals surface area contributed by atoms with E-state index in [1.165, 1.54) is 19.2 Å². The Balaban J connectivity index is 1.66. The van der Waals surface area contributed by atoms with Crippen LogP contribution in [0.2, 0.25) is 0 Å². The van der Waals surface area contributed by atoms with Crippen molar-refractivity contribution < 1.29 is 22.8 Å². The first-order chi connectivity index (χ1) is 14.4. The highest BCUT2D eigenvalue weighted by Gasteiger charge is 2.16. The minimum Gasteiger partial charge on any atom is -0.493 e. The van der Waals surface area contributed by atoms with Crippen LogP contribution in [-0.4, -0.2) is 20.5 Å². The molecular weight excluding hydrogens is 408 g/mol. The molecule has 3 rings (SSSR count). The van der Waals surface area contributed by atoms with Crippen molar-refractivity contribution in [2.45, 2.75) is 18.0 Å². The lowest BCUT2D eigenvalue weighted by Gasteiger charge is -2.13. The Morgan fingerprint density at radius 3 is 2.27 bits per heavy atom.